The molecule has 0 radical (unpaired) electrons. The molecule has 0 unspecified atom stereocenters. The monoisotopic (exact) mass is 189 g/mol. The fourth-order valence-electron chi connectivity index (χ4n) is 1.11. The summed E-state index contributed by atoms with van der Waals surface area (Å²) in [5, 5.41) is 12.1. The molecular weight excluding hydrogens is 185 g/mol. The Kier molecular flexibility index (Phi) is 1.95. The van der Waals surface area contributed by atoms with Gasteiger partial charge in [-0.1, -0.05) is 11.2 Å². The Labute approximate surface area is 78.6 Å². The average Bonchev–Trinajstić information content (AvgIpc) is 2.70. The molecule has 14 heavy (non-hydrogen) atoms. The summed E-state index contributed by atoms with van der Waals surface area (Å²) in [6.07, 6.45) is 1.20. The molecule has 68 valence electrons. The van der Waals surface area contributed by atoms with Crippen molar-refractivity contribution >= 4 is 0 Å². The summed E-state index contributed by atoms with van der Waals surface area (Å²) < 4.78 is 17.9. The predicted octanol–water partition coefficient (Wildman–Crippen LogP) is 1.75. The summed E-state index contributed by atoms with van der Waals surface area (Å²) in [5.74, 6) is -0.454. The van der Waals surface area contributed by atoms with Crippen LogP contribution in [0.15, 0.2) is 29.0 Å². The van der Waals surface area contributed by atoms with Crippen molar-refractivity contribution in [1.82, 2.24) is 10.1 Å². The Morgan fingerprint density at radius 1 is 1.43 bits per heavy atom. The van der Waals surface area contributed by atoms with E-state index in [1.807, 2.05) is 0 Å². The first-order valence-corrected chi connectivity index (χ1v) is 3.78. The highest BCUT2D eigenvalue weighted by molar-refractivity contribution is 5.63. The van der Waals surface area contributed by atoms with Gasteiger partial charge in [-0.3, -0.25) is 0 Å². The maximum absolute atomic E-state index is 13.1. The zero-order valence-electron chi connectivity index (χ0n) is 6.94. The van der Waals surface area contributed by atoms with Crippen LogP contribution in [0.2, 0.25) is 0 Å². The summed E-state index contributed by atoms with van der Waals surface area (Å²) in [4.78, 5) is 3.74. The molecule has 1 aromatic carbocycles. The van der Waals surface area contributed by atoms with Gasteiger partial charge < -0.3 is 4.52 Å². The topological polar surface area (TPSA) is 62.7 Å². The first kappa shape index (κ1) is 8.38. The molecule has 0 atom stereocenters. The molecule has 0 aliphatic carbocycles. The molecule has 0 fully saturated rings. The third-order valence-corrected chi connectivity index (χ3v) is 1.72. The second-order valence-corrected chi connectivity index (χ2v) is 2.52. The Bertz CT molecular complexity index is 487. The van der Waals surface area contributed by atoms with Crippen molar-refractivity contribution in [2.75, 3.05) is 0 Å². The molecule has 0 N–H and O–H groups in total. The number of nitriles is 1. The molecule has 0 amide bonds. The van der Waals surface area contributed by atoms with Crippen LogP contribution in [0.1, 0.15) is 5.56 Å². The van der Waals surface area contributed by atoms with Gasteiger partial charge in [-0.2, -0.15) is 10.2 Å². The van der Waals surface area contributed by atoms with Gasteiger partial charge in [0.2, 0.25) is 0 Å². The molecular formula is C9H4FN3O. The standard InChI is InChI=1S/C9H4FN3O/c10-8-3-1-2-6(7(8)4-11)9-12-5-13-14-9/h1-3,5H. The summed E-state index contributed by atoms with van der Waals surface area (Å²) in [6, 6.07) is 5.99. The van der Waals surface area contributed by atoms with E-state index in [2.05, 4.69) is 10.1 Å². The van der Waals surface area contributed by atoms with Crippen molar-refractivity contribution in [3.05, 3.63) is 35.9 Å². The van der Waals surface area contributed by atoms with Crippen LogP contribution in [0.4, 0.5) is 4.39 Å². The van der Waals surface area contributed by atoms with Gasteiger partial charge in [0.1, 0.15) is 17.4 Å². The lowest BCUT2D eigenvalue weighted by atomic mass is 10.1. The van der Waals surface area contributed by atoms with Crippen molar-refractivity contribution in [2.45, 2.75) is 0 Å². The number of benzene rings is 1. The molecule has 2 rings (SSSR count). The highest BCUT2D eigenvalue weighted by Crippen LogP contribution is 2.22. The summed E-state index contributed by atoms with van der Waals surface area (Å²) in [7, 11) is 0. The highest BCUT2D eigenvalue weighted by Gasteiger charge is 2.13. The molecule has 0 aliphatic rings. The largest absolute Gasteiger partial charge is 0.334 e. The van der Waals surface area contributed by atoms with Crippen LogP contribution in [-0.4, -0.2) is 10.1 Å². The van der Waals surface area contributed by atoms with Gasteiger partial charge in [0.15, 0.2) is 6.33 Å². The van der Waals surface area contributed by atoms with E-state index in [4.69, 9.17) is 9.78 Å². The Hall–Kier alpha value is -2.22. The predicted molar refractivity (Wildman–Crippen MR) is 44.4 cm³/mol. The van der Waals surface area contributed by atoms with Crippen molar-refractivity contribution in [3.63, 3.8) is 0 Å². The maximum Gasteiger partial charge on any atom is 0.259 e. The summed E-state index contributed by atoms with van der Waals surface area (Å²) in [6.45, 7) is 0. The average molecular weight is 189 g/mol. The minimum Gasteiger partial charge on any atom is -0.334 e. The van der Waals surface area contributed by atoms with Crippen molar-refractivity contribution in [2.24, 2.45) is 0 Å². The number of rotatable bonds is 1. The Balaban J connectivity index is 2.66. The molecule has 0 spiro atoms. The molecule has 1 aromatic heterocycles. The van der Waals surface area contributed by atoms with Gasteiger partial charge in [0.25, 0.3) is 5.89 Å². The zero-order valence-corrected chi connectivity index (χ0v) is 6.94. The van der Waals surface area contributed by atoms with Crippen molar-refractivity contribution < 1.29 is 8.91 Å². The molecule has 0 aliphatic heterocycles. The lowest BCUT2D eigenvalue weighted by Crippen LogP contribution is -1.88. The van der Waals surface area contributed by atoms with Gasteiger partial charge in [-0.15, -0.1) is 0 Å². The van der Waals surface area contributed by atoms with Crippen molar-refractivity contribution in [3.8, 4) is 17.5 Å². The van der Waals surface area contributed by atoms with Crippen LogP contribution >= 0.6 is 0 Å². The van der Waals surface area contributed by atoms with Gasteiger partial charge in [-0.25, -0.2) is 4.39 Å². The normalized spacial score (nSPS) is 9.71. The molecule has 4 nitrogen and oxygen atoms in total. The molecule has 2 aromatic rings. The van der Waals surface area contributed by atoms with E-state index in [1.165, 1.54) is 18.5 Å². The fourth-order valence-corrected chi connectivity index (χ4v) is 1.11. The van der Waals surface area contributed by atoms with Gasteiger partial charge >= 0.3 is 0 Å². The molecule has 0 bridgehead atoms. The minimum atomic E-state index is -0.594. The highest BCUT2D eigenvalue weighted by atomic mass is 19.1. The number of aromatic nitrogens is 2. The van der Waals surface area contributed by atoms with Crippen LogP contribution in [0.25, 0.3) is 11.5 Å². The molecule has 1 heterocycles. The second kappa shape index (κ2) is 3.26. The second-order valence-electron chi connectivity index (χ2n) is 2.52. The van der Waals surface area contributed by atoms with Crippen LogP contribution in [0.3, 0.4) is 0 Å². The minimum absolute atomic E-state index is 0.0863. The third-order valence-electron chi connectivity index (χ3n) is 1.72. The van der Waals surface area contributed by atoms with Crippen LogP contribution in [0.5, 0.6) is 0 Å². The zero-order chi connectivity index (χ0) is 9.97. The van der Waals surface area contributed by atoms with Crippen molar-refractivity contribution in [1.29, 1.82) is 5.26 Å². The van der Waals surface area contributed by atoms with Crippen LogP contribution in [0, 0.1) is 17.1 Å². The lowest BCUT2D eigenvalue weighted by molar-refractivity contribution is 0.429. The van der Waals surface area contributed by atoms with Gasteiger partial charge in [0.05, 0.1) is 5.56 Å². The number of halogens is 1. The van der Waals surface area contributed by atoms with E-state index in [-0.39, 0.29) is 11.5 Å². The number of hydrogen-bond acceptors (Lipinski definition) is 4. The van der Waals surface area contributed by atoms with E-state index >= 15 is 0 Å². The molecule has 0 saturated heterocycles. The number of hydrogen-bond donors (Lipinski definition) is 0. The third kappa shape index (κ3) is 1.23. The quantitative estimate of drug-likeness (QED) is 0.685. The SMILES string of the molecule is N#Cc1c(F)cccc1-c1ncno1. The Morgan fingerprint density at radius 2 is 2.29 bits per heavy atom. The first-order chi connectivity index (χ1) is 6.83. The van der Waals surface area contributed by atoms with E-state index in [9.17, 15) is 4.39 Å². The van der Waals surface area contributed by atoms with Gasteiger partial charge in [-0.05, 0) is 12.1 Å². The lowest BCUT2D eigenvalue weighted by Gasteiger charge is -1.97. The fraction of sp³-hybridized carbons (Fsp3) is 0. The smallest absolute Gasteiger partial charge is 0.259 e. The maximum atomic E-state index is 13.1. The van der Waals surface area contributed by atoms with Crippen LogP contribution in [-0.2, 0) is 0 Å². The Morgan fingerprint density at radius 3 is 2.93 bits per heavy atom. The van der Waals surface area contributed by atoms with E-state index in [0.717, 1.165) is 0 Å². The molecule has 0 saturated carbocycles. The van der Waals surface area contributed by atoms with E-state index in [0.29, 0.717) is 5.56 Å². The molecule has 5 heteroatoms. The van der Waals surface area contributed by atoms with E-state index < -0.39 is 5.82 Å². The van der Waals surface area contributed by atoms with Crippen LogP contribution < -0.4 is 0 Å². The first-order valence-electron chi connectivity index (χ1n) is 3.78. The van der Waals surface area contributed by atoms with Gasteiger partial charge in [0, 0.05) is 0 Å². The summed E-state index contributed by atoms with van der Waals surface area (Å²) >= 11 is 0. The number of nitrogens with zero attached hydrogens (tertiary/aromatic N) is 3. The summed E-state index contributed by atoms with van der Waals surface area (Å²) in [5.41, 5.74) is 0.224. The van der Waals surface area contributed by atoms with E-state index in [1.54, 1.807) is 12.1 Å².